The third kappa shape index (κ3) is 49.0. The molecular weight excluding hydrogens is 781 g/mol. The van der Waals surface area contributed by atoms with E-state index in [1.807, 2.05) is 0 Å². The zero-order valence-electron chi connectivity index (χ0n) is 40.5. The number of rotatable bonds is 44. The lowest BCUT2D eigenvalue weighted by Crippen LogP contribution is -2.30. The van der Waals surface area contributed by atoms with Gasteiger partial charge in [-0.1, -0.05) is 194 Å². The molecule has 6 nitrogen and oxygen atoms in total. The van der Waals surface area contributed by atoms with Gasteiger partial charge in [0.1, 0.15) is 13.2 Å². The molecule has 1 atom stereocenters. The van der Waals surface area contributed by atoms with Crippen LogP contribution >= 0.6 is 0 Å². The summed E-state index contributed by atoms with van der Waals surface area (Å²) >= 11 is 0. The molecule has 0 N–H and O–H groups in total. The van der Waals surface area contributed by atoms with E-state index in [1.165, 1.54) is 64.2 Å². The molecule has 0 aromatic carbocycles. The Morgan fingerprint density at radius 1 is 0.333 bits per heavy atom. The minimum atomic E-state index is -0.821. The van der Waals surface area contributed by atoms with Crippen molar-refractivity contribution in [3.63, 3.8) is 0 Å². The molecule has 0 bridgehead atoms. The molecule has 0 rings (SSSR count). The van der Waals surface area contributed by atoms with Gasteiger partial charge in [-0.3, -0.25) is 14.4 Å². The second kappa shape index (κ2) is 50.7. The molecule has 0 aromatic heterocycles. The molecule has 0 heterocycles. The van der Waals surface area contributed by atoms with Crippen LogP contribution in [0, 0.1) is 0 Å². The second-order valence-corrected chi connectivity index (χ2v) is 16.3. The van der Waals surface area contributed by atoms with Gasteiger partial charge in [-0.2, -0.15) is 0 Å². The topological polar surface area (TPSA) is 78.9 Å². The van der Waals surface area contributed by atoms with Crippen LogP contribution in [0.3, 0.4) is 0 Å². The van der Waals surface area contributed by atoms with Crippen LogP contribution in [-0.2, 0) is 28.6 Å². The number of unbranched alkanes of at least 4 members (excludes halogenated alkanes) is 15. The van der Waals surface area contributed by atoms with Crippen molar-refractivity contribution >= 4 is 17.9 Å². The van der Waals surface area contributed by atoms with Crippen molar-refractivity contribution < 1.29 is 28.6 Å². The van der Waals surface area contributed by atoms with E-state index in [0.29, 0.717) is 25.7 Å². The molecule has 356 valence electrons. The summed E-state index contributed by atoms with van der Waals surface area (Å²) in [6.45, 7) is 6.28. The van der Waals surface area contributed by atoms with Crippen molar-refractivity contribution in [1.82, 2.24) is 0 Å². The summed E-state index contributed by atoms with van der Waals surface area (Å²) < 4.78 is 16.7. The van der Waals surface area contributed by atoms with Crippen molar-refractivity contribution in [2.75, 3.05) is 13.2 Å². The number of ether oxygens (including phenoxy) is 3. The molecular formula is C57H92O6. The minimum Gasteiger partial charge on any atom is -0.462 e. The summed E-state index contributed by atoms with van der Waals surface area (Å²) in [6.07, 6.45) is 68.1. The number of esters is 3. The van der Waals surface area contributed by atoms with E-state index in [-0.39, 0.29) is 37.5 Å². The lowest BCUT2D eigenvalue weighted by atomic mass is 10.1. The first-order chi connectivity index (χ1) is 31.0. The SMILES string of the molecule is CC/C=C\C/C=C\C/C=C\C/C=C\C/C=C\CCCC(=O)OC(COC(=O)CCC/C=C\CCCCCC)COC(=O)CCCCCCCCCCC/C=C\C/C=C\C/C=C\CC. The summed E-state index contributed by atoms with van der Waals surface area (Å²) in [5.74, 6) is -1.02. The Morgan fingerprint density at radius 3 is 1.05 bits per heavy atom. The molecule has 0 radical (unpaired) electrons. The van der Waals surface area contributed by atoms with Gasteiger partial charge >= 0.3 is 17.9 Å². The van der Waals surface area contributed by atoms with Crippen LogP contribution in [0.2, 0.25) is 0 Å². The lowest BCUT2D eigenvalue weighted by Gasteiger charge is -2.18. The smallest absolute Gasteiger partial charge is 0.306 e. The molecule has 63 heavy (non-hydrogen) atoms. The highest BCUT2D eigenvalue weighted by Gasteiger charge is 2.19. The van der Waals surface area contributed by atoms with Gasteiger partial charge in [-0.25, -0.2) is 0 Å². The normalized spacial score (nSPS) is 13.0. The Labute approximate surface area is 387 Å². The van der Waals surface area contributed by atoms with Gasteiger partial charge in [0.25, 0.3) is 0 Å². The van der Waals surface area contributed by atoms with Crippen LogP contribution in [0.5, 0.6) is 0 Å². The largest absolute Gasteiger partial charge is 0.462 e. The van der Waals surface area contributed by atoms with Crippen LogP contribution in [0.15, 0.2) is 109 Å². The predicted octanol–water partition coefficient (Wildman–Crippen LogP) is 16.8. The van der Waals surface area contributed by atoms with Crippen LogP contribution in [0.25, 0.3) is 0 Å². The van der Waals surface area contributed by atoms with Gasteiger partial charge in [-0.05, 0) is 109 Å². The molecule has 0 saturated heterocycles. The highest BCUT2D eigenvalue weighted by Crippen LogP contribution is 2.13. The molecule has 6 heteroatoms. The second-order valence-electron chi connectivity index (χ2n) is 16.3. The first kappa shape index (κ1) is 59.1. The lowest BCUT2D eigenvalue weighted by molar-refractivity contribution is -0.167. The first-order valence-electron chi connectivity index (χ1n) is 25.4. The number of hydrogen-bond acceptors (Lipinski definition) is 6. The Balaban J connectivity index is 4.44. The monoisotopic (exact) mass is 873 g/mol. The molecule has 0 amide bonds. The highest BCUT2D eigenvalue weighted by atomic mass is 16.6. The van der Waals surface area contributed by atoms with Crippen molar-refractivity contribution in [2.45, 2.75) is 219 Å². The highest BCUT2D eigenvalue weighted by molar-refractivity contribution is 5.71. The van der Waals surface area contributed by atoms with Crippen molar-refractivity contribution in [3.05, 3.63) is 109 Å². The van der Waals surface area contributed by atoms with Gasteiger partial charge in [-0.15, -0.1) is 0 Å². The summed E-state index contributed by atoms with van der Waals surface area (Å²) in [4.78, 5) is 37.8. The standard InChI is InChI=1S/C57H92O6/c1-4-7-10-13-16-19-21-23-25-27-28-30-31-33-35-38-41-44-47-50-56(59)62-53-54(52-61-55(58)49-46-43-40-37-18-15-12-9-6-3)63-57(60)51-48-45-42-39-36-34-32-29-26-24-22-20-17-14-11-8-5-2/h7-8,10-11,16-17,19-20,23-26,32,34,37,39-40,42,54H,4-6,9,12-15,18,21-22,27-31,33,35-36,38,41,43-53H2,1-3H3/b10-7-,11-8-,19-16-,20-17-,25-23-,26-24-,34-32-,40-37-,42-39-. The summed E-state index contributed by atoms with van der Waals surface area (Å²) in [7, 11) is 0. The quantitative estimate of drug-likeness (QED) is 0.0263. The molecule has 1 unspecified atom stereocenters. The third-order valence-corrected chi connectivity index (χ3v) is 10.2. The van der Waals surface area contributed by atoms with E-state index in [2.05, 4.69) is 130 Å². The Kier molecular flexibility index (Phi) is 47.5. The van der Waals surface area contributed by atoms with Gasteiger partial charge < -0.3 is 14.2 Å². The maximum absolute atomic E-state index is 12.8. The Morgan fingerprint density at radius 2 is 0.635 bits per heavy atom. The molecule has 0 aromatic rings. The predicted molar refractivity (Wildman–Crippen MR) is 270 cm³/mol. The van der Waals surface area contributed by atoms with E-state index in [1.54, 1.807) is 0 Å². The molecule has 0 aliphatic heterocycles. The number of carbonyl (C=O) groups is 3. The van der Waals surface area contributed by atoms with E-state index in [4.69, 9.17) is 14.2 Å². The van der Waals surface area contributed by atoms with Crippen LogP contribution < -0.4 is 0 Å². The molecule has 0 aliphatic carbocycles. The Hall–Kier alpha value is -3.93. The third-order valence-electron chi connectivity index (χ3n) is 10.2. The van der Waals surface area contributed by atoms with E-state index < -0.39 is 6.10 Å². The van der Waals surface area contributed by atoms with Gasteiger partial charge in [0.15, 0.2) is 6.10 Å². The van der Waals surface area contributed by atoms with Crippen molar-refractivity contribution in [1.29, 1.82) is 0 Å². The van der Waals surface area contributed by atoms with Gasteiger partial charge in [0.2, 0.25) is 0 Å². The zero-order chi connectivity index (χ0) is 45.8. The van der Waals surface area contributed by atoms with Crippen LogP contribution in [0.4, 0.5) is 0 Å². The first-order valence-corrected chi connectivity index (χ1v) is 25.4. The molecule has 0 saturated carbocycles. The van der Waals surface area contributed by atoms with E-state index >= 15 is 0 Å². The summed E-state index contributed by atoms with van der Waals surface area (Å²) in [6, 6.07) is 0. The van der Waals surface area contributed by atoms with Crippen molar-refractivity contribution in [2.24, 2.45) is 0 Å². The number of hydrogen-bond donors (Lipinski definition) is 0. The number of allylic oxidation sites excluding steroid dienone is 18. The number of carbonyl (C=O) groups excluding carboxylic acids is 3. The maximum Gasteiger partial charge on any atom is 0.306 e. The Bertz CT molecular complexity index is 1330. The van der Waals surface area contributed by atoms with E-state index in [0.717, 1.165) is 96.3 Å². The van der Waals surface area contributed by atoms with Crippen molar-refractivity contribution in [3.8, 4) is 0 Å². The summed E-state index contributed by atoms with van der Waals surface area (Å²) in [5.41, 5.74) is 0. The fourth-order valence-corrected chi connectivity index (χ4v) is 6.49. The minimum absolute atomic E-state index is 0.114. The average Bonchev–Trinajstić information content (AvgIpc) is 3.28. The van der Waals surface area contributed by atoms with Crippen LogP contribution in [0.1, 0.15) is 213 Å². The molecule has 0 fully saturated rings. The maximum atomic E-state index is 12.8. The van der Waals surface area contributed by atoms with Gasteiger partial charge in [0, 0.05) is 19.3 Å². The fourth-order valence-electron chi connectivity index (χ4n) is 6.49. The zero-order valence-corrected chi connectivity index (χ0v) is 40.5. The molecule has 0 spiro atoms. The van der Waals surface area contributed by atoms with E-state index in [9.17, 15) is 14.4 Å². The van der Waals surface area contributed by atoms with Crippen LogP contribution in [-0.4, -0.2) is 37.2 Å². The fraction of sp³-hybridized carbons (Fsp3) is 0.632. The molecule has 0 aliphatic rings. The van der Waals surface area contributed by atoms with Gasteiger partial charge in [0.05, 0.1) is 0 Å². The average molecular weight is 873 g/mol. The summed E-state index contributed by atoms with van der Waals surface area (Å²) in [5, 5.41) is 0.